The van der Waals surface area contributed by atoms with Crippen LogP contribution in [0.25, 0.3) is 21.9 Å². The molecule has 35 heavy (non-hydrogen) atoms. The zero-order valence-electron chi connectivity index (χ0n) is 19.3. The number of hydrogen-bond donors (Lipinski definition) is 3. The first-order chi connectivity index (χ1) is 17.0. The molecular weight excluding hydrogens is 442 g/mol. The molecule has 2 atom stereocenters. The van der Waals surface area contributed by atoms with Gasteiger partial charge in [-0.25, -0.2) is 4.79 Å². The average molecular weight is 470 g/mol. The summed E-state index contributed by atoms with van der Waals surface area (Å²) in [5.74, 6) is 0.706. The number of nitrogens with one attached hydrogen (secondary N) is 1. The van der Waals surface area contributed by atoms with E-state index in [0.29, 0.717) is 5.56 Å². The minimum atomic E-state index is -1.19. The SMILES string of the molecule is COc1ccc2cc(C(O)C(O)CNC(=O)OCC3c4ccccc4-c4ccccc43)ccc2c1. The number of fused-ring (bicyclic) bond motifs is 4. The van der Waals surface area contributed by atoms with Gasteiger partial charge in [0.05, 0.1) is 7.11 Å². The highest BCUT2D eigenvalue weighted by Crippen LogP contribution is 2.44. The Morgan fingerprint density at radius 1 is 0.886 bits per heavy atom. The lowest BCUT2D eigenvalue weighted by molar-refractivity contribution is 0.0186. The third-order valence-electron chi connectivity index (χ3n) is 6.58. The van der Waals surface area contributed by atoms with Gasteiger partial charge in [0.1, 0.15) is 24.6 Å². The van der Waals surface area contributed by atoms with Gasteiger partial charge >= 0.3 is 6.09 Å². The third kappa shape index (κ3) is 4.58. The first kappa shape index (κ1) is 22.9. The summed E-state index contributed by atoms with van der Waals surface area (Å²) in [5.41, 5.74) is 5.13. The van der Waals surface area contributed by atoms with Gasteiger partial charge in [-0.15, -0.1) is 0 Å². The summed E-state index contributed by atoms with van der Waals surface area (Å²) in [6, 6.07) is 27.3. The lowest BCUT2D eigenvalue weighted by Crippen LogP contribution is -2.36. The summed E-state index contributed by atoms with van der Waals surface area (Å²) in [4.78, 5) is 12.4. The van der Waals surface area contributed by atoms with Crippen LogP contribution in [0.1, 0.15) is 28.7 Å². The van der Waals surface area contributed by atoms with Gasteiger partial charge < -0.3 is 25.0 Å². The Bertz CT molecular complexity index is 1320. The summed E-state index contributed by atoms with van der Waals surface area (Å²) < 4.78 is 10.7. The van der Waals surface area contributed by atoms with Gasteiger partial charge in [0.25, 0.3) is 0 Å². The number of carbonyl (C=O) groups excluding carboxylic acids is 1. The number of benzene rings is 4. The zero-order valence-corrected chi connectivity index (χ0v) is 19.3. The highest BCUT2D eigenvalue weighted by molar-refractivity contribution is 5.84. The molecule has 5 rings (SSSR count). The molecule has 0 saturated carbocycles. The Hall–Kier alpha value is -3.87. The fourth-order valence-corrected chi connectivity index (χ4v) is 4.72. The smallest absolute Gasteiger partial charge is 0.407 e. The molecule has 1 aliphatic carbocycles. The lowest BCUT2D eigenvalue weighted by Gasteiger charge is -2.20. The van der Waals surface area contributed by atoms with Crippen LogP contribution >= 0.6 is 0 Å². The number of methoxy groups -OCH3 is 1. The van der Waals surface area contributed by atoms with Crippen LogP contribution in [0.5, 0.6) is 5.75 Å². The summed E-state index contributed by atoms with van der Waals surface area (Å²) in [6.07, 6.45) is -2.98. The normalized spacial score (nSPS) is 14.1. The molecule has 0 saturated heterocycles. The van der Waals surface area contributed by atoms with Crippen molar-refractivity contribution in [3.05, 3.63) is 102 Å². The molecule has 2 unspecified atom stereocenters. The summed E-state index contributed by atoms with van der Waals surface area (Å²) in [5, 5.41) is 25.5. The fourth-order valence-electron chi connectivity index (χ4n) is 4.72. The van der Waals surface area contributed by atoms with Gasteiger partial charge in [0, 0.05) is 12.5 Å². The minimum absolute atomic E-state index is 0.0418. The third-order valence-corrected chi connectivity index (χ3v) is 6.58. The standard InChI is InChI=1S/C29H27NO5/c1-34-21-13-12-18-14-20(11-10-19(18)15-21)28(32)27(31)16-30-29(33)35-17-26-24-8-4-2-6-22(24)23-7-3-5-9-25(23)26/h2-15,26-28,31-32H,16-17H2,1H3,(H,30,33). The van der Waals surface area contributed by atoms with Crippen molar-refractivity contribution in [2.24, 2.45) is 0 Å². The molecule has 0 bridgehead atoms. The number of alkyl carbamates (subject to hydrolysis) is 1. The van der Waals surface area contributed by atoms with Gasteiger partial charge in [-0.2, -0.15) is 0 Å². The Kier molecular flexibility index (Phi) is 6.40. The predicted molar refractivity (Wildman–Crippen MR) is 135 cm³/mol. The molecule has 178 valence electrons. The van der Waals surface area contributed by atoms with E-state index >= 15 is 0 Å². The van der Waals surface area contributed by atoms with E-state index in [1.165, 1.54) is 0 Å². The molecule has 4 aromatic carbocycles. The van der Waals surface area contributed by atoms with E-state index in [2.05, 4.69) is 29.6 Å². The van der Waals surface area contributed by atoms with E-state index in [1.54, 1.807) is 13.2 Å². The molecule has 0 aromatic heterocycles. The van der Waals surface area contributed by atoms with Crippen LogP contribution in [0, 0.1) is 0 Å². The van der Waals surface area contributed by atoms with Crippen LogP contribution in [0.3, 0.4) is 0 Å². The average Bonchev–Trinajstić information content (AvgIpc) is 3.23. The first-order valence-electron chi connectivity index (χ1n) is 11.6. The van der Waals surface area contributed by atoms with E-state index < -0.39 is 18.3 Å². The number of amides is 1. The number of rotatable bonds is 7. The molecule has 3 N–H and O–H groups in total. The van der Waals surface area contributed by atoms with Crippen molar-refractivity contribution in [2.45, 2.75) is 18.1 Å². The second-order valence-corrected chi connectivity index (χ2v) is 8.69. The Labute approximate surface area is 203 Å². The van der Waals surface area contributed by atoms with E-state index in [-0.39, 0.29) is 19.1 Å². The van der Waals surface area contributed by atoms with Gasteiger partial charge in [-0.1, -0.05) is 66.7 Å². The zero-order chi connectivity index (χ0) is 24.4. The van der Waals surface area contributed by atoms with Crippen LogP contribution in [-0.4, -0.2) is 42.7 Å². The molecular formula is C29H27NO5. The molecule has 0 fully saturated rings. The Morgan fingerprint density at radius 2 is 1.51 bits per heavy atom. The van der Waals surface area contributed by atoms with Crippen LogP contribution < -0.4 is 10.1 Å². The number of aliphatic hydroxyl groups excluding tert-OH is 2. The van der Waals surface area contributed by atoms with Crippen molar-refractivity contribution in [1.29, 1.82) is 0 Å². The van der Waals surface area contributed by atoms with Gasteiger partial charge in [0.15, 0.2) is 0 Å². The van der Waals surface area contributed by atoms with Crippen molar-refractivity contribution in [1.82, 2.24) is 5.32 Å². The summed E-state index contributed by atoms with van der Waals surface area (Å²) >= 11 is 0. The molecule has 6 heteroatoms. The predicted octanol–water partition coefficient (Wildman–Crippen LogP) is 4.78. The van der Waals surface area contributed by atoms with Crippen LogP contribution in [0.2, 0.25) is 0 Å². The number of ether oxygens (including phenoxy) is 2. The first-order valence-corrected chi connectivity index (χ1v) is 11.6. The molecule has 0 heterocycles. The molecule has 6 nitrogen and oxygen atoms in total. The molecule has 1 aliphatic rings. The monoisotopic (exact) mass is 469 g/mol. The number of carbonyl (C=O) groups is 1. The van der Waals surface area contributed by atoms with E-state index in [9.17, 15) is 15.0 Å². The van der Waals surface area contributed by atoms with Crippen molar-refractivity contribution in [3.8, 4) is 16.9 Å². The largest absolute Gasteiger partial charge is 0.497 e. The van der Waals surface area contributed by atoms with Crippen molar-refractivity contribution in [3.63, 3.8) is 0 Å². The summed E-state index contributed by atoms with van der Waals surface area (Å²) in [6.45, 7) is 0.0468. The van der Waals surface area contributed by atoms with Gasteiger partial charge in [-0.3, -0.25) is 0 Å². The number of hydrogen-bond acceptors (Lipinski definition) is 5. The van der Waals surface area contributed by atoms with Crippen LogP contribution in [0.4, 0.5) is 4.79 Å². The highest BCUT2D eigenvalue weighted by atomic mass is 16.5. The van der Waals surface area contributed by atoms with E-state index in [1.807, 2.05) is 54.6 Å². The molecule has 1 amide bonds. The summed E-state index contributed by atoms with van der Waals surface area (Å²) in [7, 11) is 1.61. The van der Waals surface area contributed by atoms with Gasteiger partial charge in [-0.05, 0) is 56.8 Å². The van der Waals surface area contributed by atoms with Crippen molar-refractivity contribution < 1.29 is 24.5 Å². The maximum Gasteiger partial charge on any atom is 0.407 e. The van der Waals surface area contributed by atoms with Gasteiger partial charge in [0.2, 0.25) is 0 Å². The van der Waals surface area contributed by atoms with Crippen molar-refractivity contribution in [2.75, 3.05) is 20.3 Å². The minimum Gasteiger partial charge on any atom is -0.497 e. The second-order valence-electron chi connectivity index (χ2n) is 8.69. The maximum absolute atomic E-state index is 12.4. The molecule has 0 radical (unpaired) electrons. The lowest BCUT2D eigenvalue weighted by atomic mass is 9.98. The Morgan fingerprint density at radius 3 is 2.20 bits per heavy atom. The van der Waals surface area contributed by atoms with Crippen LogP contribution in [0.15, 0.2) is 84.9 Å². The topological polar surface area (TPSA) is 88.0 Å². The quantitative estimate of drug-likeness (QED) is 0.363. The Balaban J connectivity index is 1.18. The van der Waals surface area contributed by atoms with E-state index in [4.69, 9.17) is 9.47 Å². The fraction of sp³-hybridized carbons (Fsp3) is 0.207. The molecule has 0 spiro atoms. The van der Waals surface area contributed by atoms with Crippen molar-refractivity contribution >= 4 is 16.9 Å². The highest BCUT2D eigenvalue weighted by Gasteiger charge is 2.29. The maximum atomic E-state index is 12.4. The molecule has 0 aliphatic heterocycles. The van der Waals surface area contributed by atoms with E-state index in [0.717, 1.165) is 38.8 Å². The molecule has 4 aromatic rings. The second kappa shape index (κ2) is 9.78. The van der Waals surface area contributed by atoms with Crippen LogP contribution in [-0.2, 0) is 4.74 Å². The number of aliphatic hydroxyl groups is 2.